The van der Waals surface area contributed by atoms with Crippen LogP contribution in [0.5, 0.6) is 5.75 Å². The van der Waals surface area contributed by atoms with Crippen molar-refractivity contribution in [2.24, 2.45) is 0 Å². The van der Waals surface area contributed by atoms with Gasteiger partial charge in [0.2, 0.25) is 0 Å². The quantitative estimate of drug-likeness (QED) is 0.805. The number of ether oxygens (including phenoxy) is 1. The van der Waals surface area contributed by atoms with Gasteiger partial charge in [-0.3, -0.25) is 0 Å². The van der Waals surface area contributed by atoms with E-state index in [1.54, 1.807) is 6.26 Å². The maximum Gasteiger partial charge on any atom is 0.175 e. The number of halogens is 1. The number of nitrogens with zero attached hydrogens (tertiary/aromatic N) is 1. The van der Waals surface area contributed by atoms with Gasteiger partial charge in [-0.05, 0) is 25.2 Å². The van der Waals surface area contributed by atoms with Crippen LogP contribution in [0.25, 0.3) is 0 Å². The van der Waals surface area contributed by atoms with Crippen LogP contribution in [-0.2, 0) is 5.60 Å². The van der Waals surface area contributed by atoms with Gasteiger partial charge in [0.15, 0.2) is 5.60 Å². The molecule has 2 aromatic rings. The summed E-state index contributed by atoms with van der Waals surface area (Å²) in [5.74, 6) is 2.33. The fourth-order valence-electron chi connectivity index (χ4n) is 3.48. The molecule has 2 aliphatic rings. The summed E-state index contributed by atoms with van der Waals surface area (Å²) in [5.41, 5.74) is 1.00. The maximum atomic E-state index is 6.37. The standard InChI is InChI=1S/C16H17NO2.ClH/c1-17-9-8-16(15-7-4-10-18-15)13(11-17)12-5-2-3-6-14(12)19-16;/h2-7,10,13H,8-9,11H2,1H3;1H/t13-,16-;/m1./s1. The van der Waals surface area contributed by atoms with E-state index >= 15 is 0 Å². The minimum atomic E-state index is -0.306. The Bertz CT molecular complexity index is 598. The molecule has 106 valence electrons. The topological polar surface area (TPSA) is 25.6 Å². The molecule has 1 aromatic carbocycles. The third-order valence-electron chi connectivity index (χ3n) is 4.45. The number of hydrogen-bond donors (Lipinski definition) is 0. The molecule has 1 saturated heterocycles. The summed E-state index contributed by atoms with van der Waals surface area (Å²) in [5, 5.41) is 0. The third-order valence-corrected chi connectivity index (χ3v) is 4.45. The molecule has 2 atom stereocenters. The number of fused-ring (bicyclic) bond motifs is 3. The molecular weight excluding hydrogens is 274 g/mol. The molecule has 2 aliphatic heterocycles. The van der Waals surface area contributed by atoms with Gasteiger partial charge in [-0.25, -0.2) is 0 Å². The molecule has 0 unspecified atom stereocenters. The summed E-state index contributed by atoms with van der Waals surface area (Å²) in [4.78, 5) is 2.37. The molecule has 0 N–H and O–H groups in total. The average molecular weight is 292 g/mol. The molecule has 0 saturated carbocycles. The van der Waals surface area contributed by atoms with Crippen molar-refractivity contribution in [2.75, 3.05) is 20.1 Å². The minimum absolute atomic E-state index is 0. The summed E-state index contributed by atoms with van der Waals surface area (Å²) < 4.78 is 12.1. The highest BCUT2D eigenvalue weighted by Gasteiger charge is 2.53. The molecule has 3 nitrogen and oxygen atoms in total. The summed E-state index contributed by atoms with van der Waals surface area (Å²) >= 11 is 0. The van der Waals surface area contributed by atoms with Crippen LogP contribution >= 0.6 is 12.4 Å². The predicted molar refractivity (Wildman–Crippen MR) is 79.6 cm³/mol. The zero-order valence-electron chi connectivity index (χ0n) is 11.4. The zero-order chi connectivity index (χ0) is 12.9. The first-order chi connectivity index (χ1) is 9.29. The Hall–Kier alpha value is -1.45. The largest absolute Gasteiger partial charge is 0.478 e. The third kappa shape index (κ3) is 1.77. The van der Waals surface area contributed by atoms with Gasteiger partial charge in [0.1, 0.15) is 11.5 Å². The van der Waals surface area contributed by atoms with Gasteiger partial charge in [-0.15, -0.1) is 12.4 Å². The van der Waals surface area contributed by atoms with E-state index < -0.39 is 0 Å². The fraction of sp³-hybridized carbons (Fsp3) is 0.375. The Morgan fingerprint density at radius 3 is 2.85 bits per heavy atom. The Kier molecular flexibility index (Phi) is 3.27. The summed E-state index contributed by atoms with van der Waals surface area (Å²) in [7, 11) is 2.17. The van der Waals surface area contributed by atoms with Gasteiger partial charge in [-0.2, -0.15) is 0 Å². The Morgan fingerprint density at radius 1 is 1.20 bits per heavy atom. The smallest absolute Gasteiger partial charge is 0.175 e. The highest BCUT2D eigenvalue weighted by molar-refractivity contribution is 5.85. The molecular formula is C16H18ClNO2. The first-order valence-electron chi connectivity index (χ1n) is 6.80. The number of likely N-dealkylation sites (tertiary alicyclic amines) is 1. The number of hydrogen-bond acceptors (Lipinski definition) is 3. The molecule has 4 heteroatoms. The average Bonchev–Trinajstić information content (AvgIpc) is 3.04. The summed E-state index contributed by atoms with van der Waals surface area (Å²) in [6.45, 7) is 2.04. The van der Waals surface area contributed by atoms with E-state index in [2.05, 4.69) is 30.1 Å². The lowest BCUT2D eigenvalue weighted by Gasteiger charge is -2.40. The monoisotopic (exact) mass is 291 g/mol. The van der Waals surface area contributed by atoms with Crippen LogP contribution in [0, 0.1) is 0 Å². The van der Waals surface area contributed by atoms with Crippen molar-refractivity contribution in [3.05, 3.63) is 54.0 Å². The molecule has 0 amide bonds. The van der Waals surface area contributed by atoms with Gasteiger partial charge < -0.3 is 14.1 Å². The second-order valence-corrected chi connectivity index (χ2v) is 5.57. The molecule has 0 spiro atoms. The Labute approximate surface area is 124 Å². The molecule has 4 rings (SSSR count). The van der Waals surface area contributed by atoms with Crippen LogP contribution in [0.3, 0.4) is 0 Å². The van der Waals surface area contributed by atoms with Crippen LogP contribution in [0.15, 0.2) is 47.1 Å². The van der Waals surface area contributed by atoms with Gasteiger partial charge in [0.05, 0.1) is 6.26 Å². The lowest BCUT2D eigenvalue weighted by molar-refractivity contribution is -0.0106. The number of para-hydroxylation sites is 1. The fourth-order valence-corrected chi connectivity index (χ4v) is 3.48. The number of rotatable bonds is 1. The van der Waals surface area contributed by atoms with Crippen molar-refractivity contribution >= 4 is 12.4 Å². The normalized spacial score (nSPS) is 28.1. The van der Waals surface area contributed by atoms with Crippen molar-refractivity contribution in [3.63, 3.8) is 0 Å². The highest BCUT2D eigenvalue weighted by Crippen LogP contribution is 2.54. The van der Waals surface area contributed by atoms with Crippen LogP contribution in [-0.4, -0.2) is 25.0 Å². The molecule has 3 heterocycles. The van der Waals surface area contributed by atoms with E-state index in [1.807, 2.05) is 18.2 Å². The van der Waals surface area contributed by atoms with Crippen LogP contribution in [0.2, 0.25) is 0 Å². The van der Waals surface area contributed by atoms with E-state index in [-0.39, 0.29) is 18.0 Å². The summed E-state index contributed by atoms with van der Waals surface area (Å²) in [6.07, 6.45) is 2.71. The van der Waals surface area contributed by atoms with Crippen molar-refractivity contribution in [1.82, 2.24) is 4.90 Å². The van der Waals surface area contributed by atoms with Crippen LogP contribution in [0.1, 0.15) is 23.7 Å². The van der Waals surface area contributed by atoms with E-state index in [4.69, 9.17) is 9.15 Å². The molecule has 0 radical (unpaired) electrons. The number of furan rings is 1. The number of benzene rings is 1. The highest BCUT2D eigenvalue weighted by atomic mass is 35.5. The zero-order valence-corrected chi connectivity index (χ0v) is 12.2. The van der Waals surface area contributed by atoms with Crippen molar-refractivity contribution < 1.29 is 9.15 Å². The Morgan fingerprint density at radius 2 is 2.05 bits per heavy atom. The molecule has 20 heavy (non-hydrogen) atoms. The second-order valence-electron chi connectivity index (χ2n) is 5.57. The van der Waals surface area contributed by atoms with Gasteiger partial charge in [0, 0.05) is 31.0 Å². The lowest BCUT2D eigenvalue weighted by Crippen LogP contribution is -2.47. The van der Waals surface area contributed by atoms with Gasteiger partial charge >= 0.3 is 0 Å². The minimum Gasteiger partial charge on any atom is -0.478 e. The van der Waals surface area contributed by atoms with E-state index in [0.29, 0.717) is 5.92 Å². The second kappa shape index (κ2) is 4.83. The van der Waals surface area contributed by atoms with Crippen molar-refractivity contribution in [1.29, 1.82) is 0 Å². The maximum absolute atomic E-state index is 6.37. The SMILES string of the molecule is CN1CC[C@@]2(c3ccco3)Oc3ccccc3[C@H]2C1.Cl. The molecule has 1 fully saturated rings. The first kappa shape index (κ1) is 13.5. The summed E-state index contributed by atoms with van der Waals surface area (Å²) in [6, 6.07) is 12.4. The van der Waals surface area contributed by atoms with Crippen LogP contribution in [0.4, 0.5) is 0 Å². The molecule has 0 aliphatic carbocycles. The van der Waals surface area contributed by atoms with Gasteiger partial charge in [0.25, 0.3) is 0 Å². The van der Waals surface area contributed by atoms with Gasteiger partial charge in [-0.1, -0.05) is 18.2 Å². The van der Waals surface area contributed by atoms with Crippen molar-refractivity contribution in [2.45, 2.75) is 17.9 Å². The van der Waals surface area contributed by atoms with E-state index in [1.165, 1.54) is 5.56 Å². The molecule has 1 aromatic heterocycles. The number of piperidine rings is 1. The van der Waals surface area contributed by atoms with Crippen molar-refractivity contribution in [3.8, 4) is 5.75 Å². The number of likely N-dealkylation sites (N-methyl/N-ethyl adjacent to an activating group) is 1. The van der Waals surface area contributed by atoms with E-state index in [9.17, 15) is 0 Å². The lowest BCUT2D eigenvalue weighted by atomic mass is 9.77. The first-order valence-corrected chi connectivity index (χ1v) is 6.80. The van der Waals surface area contributed by atoms with Crippen LogP contribution < -0.4 is 4.74 Å². The van der Waals surface area contributed by atoms with E-state index in [0.717, 1.165) is 31.0 Å². The Balaban J connectivity index is 0.00000121. The molecule has 0 bridgehead atoms. The predicted octanol–water partition coefficient (Wildman–Crippen LogP) is 3.41.